The predicted octanol–water partition coefficient (Wildman–Crippen LogP) is 2.33. The van der Waals surface area contributed by atoms with Gasteiger partial charge in [-0.25, -0.2) is 4.98 Å². The molecule has 1 aromatic heterocycles. The third-order valence-corrected chi connectivity index (χ3v) is 3.20. The Kier molecular flexibility index (Phi) is 2.28. The van der Waals surface area contributed by atoms with E-state index in [2.05, 4.69) is 33.2 Å². The summed E-state index contributed by atoms with van der Waals surface area (Å²) in [6, 6.07) is 8.40. The molecule has 0 radical (unpaired) electrons. The molecule has 88 valence electrons. The molecule has 4 nitrogen and oxygen atoms in total. The van der Waals surface area contributed by atoms with Crippen molar-refractivity contribution in [2.45, 2.75) is 25.9 Å². The zero-order valence-corrected chi connectivity index (χ0v) is 9.85. The Labute approximate surface area is 100 Å². The summed E-state index contributed by atoms with van der Waals surface area (Å²) in [5, 5.41) is 3.46. The van der Waals surface area contributed by atoms with Crippen LogP contribution in [0, 0.1) is 6.92 Å². The molecule has 1 atom stereocenters. The topological polar surface area (TPSA) is 55.9 Å². The van der Waals surface area contributed by atoms with Crippen molar-refractivity contribution >= 4 is 11.6 Å². The van der Waals surface area contributed by atoms with Gasteiger partial charge in [-0.3, -0.25) is 0 Å². The van der Waals surface area contributed by atoms with Crippen LogP contribution in [0.2, 0.25) is 0 Å². The van der Waals surface area contributed by atoms with E-state index in [9.17, 15) is 0 Å². The molecule has 0 saturated heterocycles. The molecule has 3 rings (SSSR count). The van der Waals surface area contributed by atoms with E-state index >= 15 is 0 Å². The molecule has 0 spiro atoms. The van der Waals surface area contributed by atoms with Crippen LogP contribution in [-0.2, 0) is 6.54 Å². The summed E-state index contributed by atoms with van der Waals surface area (Å²) in [7, 11) is 0. The Balaban J connectivity index is 1.86. The molecule has 2 aromatic rings. The summed E-state index contributed by atoms with van der Waals surface area (Å²) in [6.45, 7) is 3.03. The van der Waals surface area contributed by atoms with Gasteiger partial charge in [0.25, 0.3) is 0 Å². The van der Waals surface area contributed by atoms with Crippen molar-refractivity contribution in [1.82, 2.24) is 9.55 Å². The molecule has 1 unspecified atom stereocenters. The second-order valence-electron chi connectivity index (χ2n) is 4.55. The zero-order chi connectivity index (χ0) is 11.8. The van der Waals surface area contributed by atoms with Gasteiger partial charge in [0.2, 0.25) is 5.95 Å². The van der Waals surface area contributed by atoms with E-state index in [1.165, 1.54) is 5.56 Å². The molecule has 1 aliphatic heterocycles. The van der Waals surface area contributed by atoms with Gasteiger partial charge >= 0.3 is 0 Å². The van der Waals surface area contributed by atoms with Crippen LogP contribution >= 0.6 is 0 Å². The Morgan fingerprint density at radius 1 is 1.35 bits per heavy atom. The lowest BCUT2D eigenvalue weighted by Crippen LogP contribution is -2.21. The zero-order valence-electron chi connectivity index (χ0n) is 9.85. The molecule has 0 aliphatic carbocycles. The molecule has 1 aliphatic rings. The SMILES string of the molecule is Cc1cn2c(n1)NC(c1ccc(N)cc1)CC2. The Morgan fingerprint density at radius 2 is 2.12 bits per heavy atom. The first-order valence-electron chi connectivity index (χ1n) is 5.88. The van der Waals surface area contributed by atoms with Crippen LogP contribution in [-0.4, -0.2) is 9.55 Å². The predicted molar refractivity (Wildman–Crippen MR) is 68.8 cm³/mol. The van der Waals surface area contributed by atoms with Gasteiger partial charge in [0.05, 0.1) is 11.7 Å². The van der Waals surface area contributed by atoms with Crippen molar-refractivity contribution < 1.29 is 0 Å². The summed E-state index contributed by atoms with van der Waals surface area (Å²) in [6.07, 6.45) is 3.16. The van der Waals surface area contributed by atoms with Crippen LogP contribution in [0.15, 0.2) is 30.5 Å². The fourth-order valence-electron chi connectivity index (χ4n) is 2.31. The Hall–Kier alpha value is -1.97. The number of nitrogens with one attached hydrogen (secondary N) is 1. The number of nitrogen functional groups attached to an aromatic ring is 1. The van der Waals surface area contributed by atoms with Crippen molar-refractivity contribution in [3.8, 4) is 0 Å². The molecule has 0 fully saturated rings. The summed E-state index contributed by atoms with van der Waals surface area (Å²) in [4.78, 5) is 4.47. The number of hydrogen-bond donors (Lipinski definition) is 2. The number of rotatable bonds is 1. The standard InChI is InChI=1S/C13H16N4/c1-9-8-17-7-6-12(16-13(17)15-9)10-2-4-11(14)5-3-10/h2-5,8,12H,6-7,14H2,1H3,(H,15,16). The lowest BCUT2D eigenvalue weighted by atomic mass is 10.0. The highest BCUT2D eigenvalue weighted by Crippen LogP contribution is 2.28. The fraction of sp³-hybridized carbons (Fsp3) is 0.308. The monoisotopic (exact) mass is 228 g/mol. The average Bonchev–Trinajstić information content (AvgIpc) is 2.69. The Morgan fingerprint density at radius 3 is 2.88 bits per heavy atom. The lowest BCUT2D eigenvalue weighted by Gasteiger charge is -2.25. The minimum Gasteiger partial charge on any atom is -0.399 e. The smallest absolute Gasteiger partial charge is 0.203 e. The third kappa shape index (κ3) is 1.86. The average molecular weight is 228 g/mol. The van der Waals surface area contributed by atoms with Gasteiger partial charge in [-0.05, 0) is 31.0 Å². The first-order chi connectivity index (χ1) is 8.22. The van der Waals surface area contributed by atoms with Crippen molar-refractivity contribution in [3.63, 3.8) is 0 Å². The highest BCUT2D eigenvalue weighted by molar-refractivity contribution is 5.43. The van der Waals surface area contributed by atoms with E-state index in [0.29, 0.717) is 6.04 Å². The molecule has 3 N–H and O–H groups in total. The molecular formula is C13H16N4. The quantitative estimate of drug-likeness (QED) is 0.736. The van der Waals surface area contributed by atoms with Gasteiger partial charge in [-0.1, -0.05) is 12.1 Å². The van der Waals surface area contributed by atoms with E-state index in [1.807, 2.05) is 19.1 Å². The van der Waals surface area contributed by atoms with Crippen LogP contribution in [0.1, 0.15) is 23.7 Å². The summed E-state index contributed by atoms with van der Waals surface area (Å²) < 4.78 is 2.17. The molecule has 17 heavy (non-hydrogen) atoms. The van der Waals surface area contributed by atoms with Gasteiger partial charge < -0.3 is 15.6 Å². The molecule has 0 saturated carbocycles. The van der Waals surface area contributed by atoms with E-state index in [1.54, 1.807) is 0 Å². The highest BCUT2D eigenvalue weighted by Gasteiger charge is 2.19. The number of hydrogen-bond acceptors (Lipinski definition) is 3. The number of benzene rings is 1. The third-order valence-electron chi connectivity index (χ3n) is 3.20. The number of nitrogens with zero attached hydrogens (tertiary/aromatic N) is 2. The first-order valence-corrected chi connectivity index (χ1v) is 5.88. The van der Waals surface area contributed by atoms with E-state index in [4.69, 9.17) is 5.73 Å². The summed E-state index contributed by atoms with van der Waals surface area (Å²) >= 11 is 0. The fourth-order valence-corrected chi connectivity index (χ4v) is 2.31. The minimum absolute atomic E-state index is 0.338. The number of fused-ring (bicyclic) bond motifs is 1. The number of nitrogens with two attached hydrogens (primary N) is 1. The van der Waals surface area contributed by atoms with Gasteiger partial charge in [0.1, 0.15) is 0 Å². The summed E-state index contributed by atoms with van der Waals surface area (Å²) in [5.41, 5.74) is 8.84. The van der Waals surface area contributed by atoms with Crippen molar-refractivity contribution in [3.05, 3.63) is 41.7 Å². The van der Waals surface area contributed by atoms with E-state index in [-0.39, 0.29) is 0 Å². The maximum Gasteiger partial charge on any atom is 0.203 e. The molecule has 2 heterocycles. The van der Waals surface area contributed by atoms with E-state index < -0.39 is 0 Å². The molecular weight excluding hydrogens is 212 g/mol. The van der Waals surface area contributed by atoms with Crippen molar-refractivity contribution in [1.29, 1.82) is 0 Å². The number of aromatic nitrogens is 2. The molecule has 0 bridgehead atoms. The maximum atomic E-state index is 5.70. The van der Waals surface area contributed by atoms with Crippen LogP contribution in [0.25, 0.3) is 0 Å². The lowest BCUT2D eigenvalue weighted by molar-refractivity contribution is 0.542. The van der Waals surface area contributed by atoms with Crippen LogP contribution in [0.4, 0.5) is 11.6 Å². The molecule has 4 heteroatoms. The van der Waals surface area contributed by atoms with Gasteiger partial charge in [-0.15, -0.1) is 0 Å². The second kappa shape index (κ2) is 3.80. The van der Waals surface area contributed by atoms with Gasteiger partial charge in [0, 0.05) is 18.4 Å². The maximum absolute atomic E-state index is 5.70. The molecule has 0 amide bonds. The highest BCUT2D eigenvalue weighted by atomic mass is 15.2. The first kappa shape index (κ1) is 10.2. The number of aryl methyl sites for hydroxylation is 2. The van der Waals surface area contributed by atoms with Gasteiger partial charge in [-0.2, -0.15) is 0 Å². The van der Waals surface area contributed by atoms with Crippen LogP contribution < -0.4 is 11.1 Å². The van der Waals surface area contributed by atoms with Gasteiger partial charge in [0.15, 0.2) is 0 Å². The number of anilines is 2. The largest absolute Gasteiger partial charge is 0.399 e. The minimum atomic E-state index is 0.338. The summed E-state index contributed by atoms with van der Waals surface area (Å²) in [5.74, 6) is 0.968. The molecule has 1 aromatic carbocycles. The number of imidazole rings is 1. The van der Waals surface area contributed by atoms with Crippen LogP contribution in [0.5, 0.6) is 0 Å². The normalized spacial score (nSPS) is 18.5. The Bertz CT molecular complexity index is 527. The van der Waals surface area contributed by atoms with Crippen molar-refractivity contribution in [2.75, 3.05) is 11.1 Å². The van der Waals surface area contributed by atoms with Crippen LogP contribution in [0.3, 0.4) is 0 Å². The van der Waals surface area contributed by atoms with Crippen molar-refractivity contribution in [2.24, 2.45) is 0 Å². The second-order valence-corrected chi connectivity index (χ2v) is 4.55. The van der Waals surface area contributed by atoms with E-state index in [0.717, 1.165) is 30.3 Å².